The Morgan fingerprint density at radius 2 is 2.00 bits per heavy atom. The average Bonchev–Trinajstić information content (AvgIpc) is 3.23. The summed E-state index contributed by atoms with van der Waals surface area (Å²) in [7, 11) is 0. The lowest BCUT2D eigenvalue weighted by Gasteiger charge is -2.17. The van der Waals surface area contributed by atoms with Gasteiger partial charge in [0.25, 0.3) is 5.91 Å². The molecule has 0 aromatic heterocycles. The predicted molar refractivity (Wildman–Crippen MR) is 97.7 cm³/mol. The molecule has 1 amide bonds. The number of carbonyl (C=O) groups is 1. The van der Waals surface area contributed by atoms with Crippen LogP contribution in [0, 0.1) is 13.8 Å². The molecule has 2 aromatic rings. The van der Waals surface area contributed by atoms with Gasteiger partial charge < -0.3 is 15.4 Å². The third-order valence-electron chi connectivity index (χ3n) is 4.26. The van der Waals surface area contributed by atoms with E-state index in [1.165, 1.54) is 17.3 Å². The molecule has 0 aliphatic carbocycles. The molecule has 7 heteroatoms. The van der Waals surface area contributed by atoms with Gasteiger partial charge >= 0.3 is 0 Å². The Hall–Kier alpha value is -2.06. The number of hydrazine groups is 1. The van der Waals surface area contributed by atoms with Crippen molar-refractivity contribution in [3.63, 3.8) is 0 Å². The van der Waals surface area contributed by atoms with E-state index in [4.69, 9.17) is 4.74 Å². The molecule has 6 nitrogen and oxygen atoms in total. The minimum absolute atomic E-state index is 0.123. The van der Waals surface area contributed by atoms with Gasteiger partial charge in [0, 0.05) is 10.6 Å². The van der Waals surface area contributed by atoms with Crippen LogP contribution >= 0.6 is 11.8 Å². The summed E-state index contributed by atoms with van der Waals surface area (Å²) in [6.45, 7) is 4.09. The number of rotatable bonds is 3. The second kappa shape index (κ2) is 6.68. The molecule has 1 saturated heterocycles. The van der Waals surface area contributed by atoms with Crippen LogP contribution in [0.25, 0.3) is 0 Å². The Balaban J connectivity index is 1.37. The predicted octanol–water partition coefficient (Wildman–Crippen LogP) is 2.37. The van der Waals surface area contributed by atoms with E-state index in [0.29, 0.717) is 0 Å². The number of hydrogen-bond acceptors (Lipinski definition) is 6. The lowest BCUT2D eigenvalue weighted by Crippen LogP contribution is -2.48. The van der Waals surface area contributed by atoms with Gasteiger partial charge in [0.1, 0.15) is 0 Å². The van der Waals surface area contributed by atoms with Gasteiger partial charge in [-0.3, -0.25) is 4.79 Å². The Morgan fingerprint density at radius 1 is 1.16 bits per heavy atom. The van der Waals surface area contributed by atoms with Crippen molar-refractivity contribution in [2.24, 2.45) is 0 Å². The molecule has 2 aliphatic rings. The molecular formula is C18H20N4O2S. The molecule has 2 heterocycles. The van der Waals surface area contributed by atoms with E-state index in [2.05, 4.69) is 39.7 Å². The Labute approximate surface area is 150 Å². The van der Waals surface area contributed by atoms with E-state index in [1.54, 1.807) is 0 Å². The zero-order chi connectivity index (χ0) is 17.4. The molecule has 130 valence electrons. The lowest BCUT2D eigenvalue weighted by molar-refractivity contribution is -0.124. The fourth-order valence-electron chi connectivity index (χ4n) is 2.93. The van der Waals surface area contributed by atoms with Crippen LogP contribution in [0.1, 0.15) is 22.9 Å². The number of hydrogen-bond donors (Lipinski definition) is 4. The second-order valence-corrected chi connectivity index (χ2v) is 7.34. The summed E-state index contributed by atoms with van der Waals surface area (Å²) in [5.41, 5.74) is 10.4. The number of anilines is 1. The largest absolute Gasteiger partial charge is 0.364 e. The smallest absolute Gasteiger partial charge is 0.256 e. The first-order chi connectivity index (χ1) is 12.1. The number of fused-ring (bicyclic) bond motifs is 1. The topological polar surface area (TPSA) is 74.4 Å². The molecule has 0 radical (unpaired) electrons. The number of amides is 1. The maximum absolute atomic E-state index is 12.5. The van der Waals surface area contributed by atoms with Gasteiger partial charge in [-0.2, -0.15) is 0 Å². The van der Waals surface area contributed by atoms with Crippen molar-refractivity contribution < 1.29 is 9.53 Å². The van der Waals surface area contributed by atoms with Crippen molar-refractivity contribution in [3.8, 4) is 0 Å². The molecule has 25 heavy (non-hydrogen) atoms. The summed E-state index contributed by atoms with van der Waals surface area (Å²) < 4.78 is 5.90. The van der Waals surface area contributed by atoms with Crippen molar-refractivity contribution >= 4 is 23.4 Å². The highest BCUT2D eigenvalue weighted by atomic mass is 32.2. The van der Waals surface area contributed by atoms with Gasteiger partial charge in [0.2, 0.25) is 6.35 Å². The van der Waals surface area contributed by atoms with Crippen LogP contribution in [0.3, 0.4) is 0 Å². The standard InChI is InChI=1S/C18H20N4O2S/c1-10-7-8-11(2)12(9-10)16-21-22-18(24-16)20-15(23)17-19-13-5-3-4-6-14(13)25-17/h3-9,16-19,21-22H,1-2H3,(H,20,23). The van der Waals surface area contributed by atoms with Crippen LogP contribution in [0.2, 0.25) is 0 Å². The lowest BCUT2D eigenvalue weighted by atomic mass is 10.0. The van der Waals surface area contributed by atoms with Crippen LogP contribution in [-0.2, 0) is 9.53 Å². The average molecular weight is 356 g/mol. The quantitative estimate of drug-likeness (QED) is 0.677. The highest BCUT2D eigenvalue weighted by Crippen LogP contribution is 2.38. The van der Waals surface area contributed by atoms with Crippen molar-refractivity contribution in [1.29, 1.82) is 0 Å². The Kier molecular flexibility index (Phi) is 4.39. The summed E-state index contributed by atoms with van der Waals surface area (Å²) in [4.78, 5) is 13.6. The van der Waals surface area contributed by atoms with E-state index in [-0.39, 0.29) is 17.5 Å². The highest BCUT2D eigenvalue weighted by molar-refractivity contribution is 8.01. The van der Waals surface area contributed by atoms with Crippen LogP contribution in [-0.4, -0.2) is 17.6 Å². The van der Waals surface area contributed by atoms with Gasteiger partial charge in [0.05, 0.1) is 0 Å². The summed E-state index contributed by atoms with van der Waals surface area (Å²) in [6.07, 6.45) is -0.880. The summed E-state index contributed by atoms with van der Waals surface area (Å²) in [5, 5.41) is 5.73. The molecule has 4 N–H and O–H groups in total. The minimum atomic E-state index is -0.580. The zero-order valence-electron chi connectivity index (χ0n) is 14.0. The Bertz CT molecular complexity index is 788. The van der Waals surface area contributed by atoms with Crippen LogP contribution in [0.4, 0.5) is 5.69 Å². The number of carbonyl (C=O) groups excluding carboxylic acids is 1. The molecule has 1 fully saturated rings. The summed E-state index contributed by atoms with van der Waals surface area (Å²) in [6, 6.07) is 14.1. The number of aryl methyl sites for hydroxylation is 2. The van der Waals surface area contributed by atoms with Gasteiger partial charge in [-0.25, -0.2) is 10.9 Å². The molecule has 0 spiro atoms. The van der Waals surface area contributed by atoms with Crippen molar-refractivity contribution in [1.82, 2.24) is 16.2 Å². The summed E-state index contributed by atoms with van der Waals surface area (Å²) in [5.74, 6) is -0.123. The fourth-order valence-corrected chi connectivity index (χ4v) is 3.96. The monoisotopic (exact) mass is 356 g/mol. The first-order valence-electron chi connectivity index (χ1n) is 8.16. The zero-order valence-corrected chi connectivity index (χ0v) is 14.8. The van der Waals surface area contributed by atoms with Crippen molar-refractivity contribution in [2.45, 2.75) is 36.7 Å². The maximum Gasteiger partial charge on any atom is 0.256 e. The first kappa shape index (κ1) is 16.4. The number of nitrogens with one attached hydrogen (secondary N) is 4. The molecular weight excluding hydrogens is 336 g/mol. The number of thioether (sulfide) groups is 1. The number of ether oxygens (including phenoxy) is 1. The van der Waals surface area contributed by atoms with Crippen molar-refractivity contribution in [3.05, 3.63) is 59.2 Å². The van der Waals surface area contributed by atoms with E-state index in [1.807, 2.05) is 38.1 Å². The highest BCUT2D eigenvalue weighted by Gasteiger charge is 2.32. The molecule has 0 saturated carbocycles. The second-order valence-electron chi connectivity index (χ2n) is 6.19. The summed E-state index contributed by atoms with van der Waals surface area (Å²) >= 11 is 1.50. The van der Waals surface area contributed by atoms with E-state index in [0.717, 1.165) is 21.7 Å². The van der Waals surface area contributed by atoms with Crippen molar-refractivity contribution in [2.75, 3.05) is 5.32 Å². The number of para-hydroxylation sites is 1. The van der Waals surface area contributed by atoms with E-state index in [9.17, 15) is 4.79 Å². The van der Waals surface area contributed by atoms with Gasteiger partial charge in [-0.15, -0.1) is 0 Å². The van der Waals surface area contributed by atoms with Gasteiger partial charge in [-0.05, 0) is 37.1 Å². The van der Waals surface area contributed by atoms with Crippen LogP contribution in [0.15, 0.2) is 47.4 Å². The van der Waals surface area contributed by atoms with E-state index >= 15 is 0 Å². The van der Waals surface area contributed by atoms with Crippen LogP contribution in [0.5, 0.6) is 0 Å². The Morgan fingerprint density at radius 3 is 2.84 bits per heavy atom. The third-order valence-corrected chi connectivity index (χ3v) is 5.44. The molecule has 3 atom stereocenters. The minimum Gasteiger partial charge on any atom is -0.364 e. The molecule has 2 aliphatic heterocycles. The third kappa shape index (κ3) is 3.36. The number of benzene rings is 2. The first-order valence-corrected chi connectivity index (χ1v) is 9.04. The SMILES string of the molecule is Cc1ccc(C)c(C2NNC(NC(=O)C3Nc4ccccc4S3)O2)c1. The fraction of sp³-hybridized carbons (Fsp3) is 0.278. The molecule has 2 aromatic carbocycles. The normalized spacial score (nSPS) is 24.6. The maximum atomic E-state index is 12.5. The van der Waals surface area contributed by atoms with Crippen LogP contribution < -0.4 is 21.5 Å². The van der Waals surface area contributed by atoms with Gasteiger partial charge in [-0.1, -0.05) is 47.7 Å². The molecule has 3 unspecified atom stereocenters. The molecule has 4 rings (SSSR count). The van der Waals surface area contributed by atoms with E-state index < -0.39 is 6.35 Å². The molecule has 0 bridgehead atoms. The van der Waals surface area contributed by atoms with Gasteiger partial charge in [0.15, 0.2) is 11.6 Å².